The molecule has 9 rings (SSSR count). The van der Waals surface area contributed by atoms with Crippen molar-refractivity contribution in [1.82, 2.24) is 9.55 Å². The topological polar surface area (TPSA) is 33.5 Å². The second kappa shape index (κ2) is 16.2. The predicted molar refractivity (Wildman–Crippen MR) is 249 cm³/mol. The number of anilines is 2. The summed E-state index contributed by atoms with van der Waals surface area (Å²) in [6.45, 7) is 20.1. The quantitative estimate of drug-likeness (QED) is 0.142. The summed E-state index contributed by atoms with van der Waals surface area (Å²) in [7, 11) is 0. The summed E-state index contributed by atoms with van der Waals surface area (Å²) in [5.41, 5.74) is 10.9. The average Bonchev–Trinajstić information content (AvgIpc) is 3.87. The van der Waals surface area contributed by atoms with Crippen LogP contribution >= 0.6 is 0 Å². The summed E-state index contributed by atoms with van der Waals surface area (Å²) in [5.74, 6) is 2.08. The molecule has 3 heterocycles. The Hall–Kier alpha value is -5.90. The third-order valence-corrected chi connectivity index (χ3v) is 11.8. The first kappa shape index (κ1) is 41.8. The number of rotatable bonds is 8. The van der Waals surface area contributed by atoms with E-state index in [0.29, 0.717) is 11.5 Å². The third-order valence-electron chi connectivity index (χ3n) is 11.8. The number of ether oxygens (including phenoxy) is 1. The smallest absolute Gasteiger partial charge is 0.135 e. The van der Waals surface area contributed by atoms with Crippen molar-refractivity contribution in [3.05, 3.63) is 199 Å². The van der Waals surface area contributed by atoms with Crippen LogP contribution in [0.5, 0.6) is 11.5 Å². The molecule has 0 bridgehead atoms. The molecule has 0 fully saturated rings. The van der Waals surface area contributed by atoms with Gasteiger partial charge in [0.25, 0.3) is 0 Å². The van der Waals surface area contributed by atoms with Gasteiger partial charge in [-0.2, -0.15) is 6.07 Å². The molecule has 0 saturated heterocycles. The van der Waals surface area contributed by atoms with E-state index in [1.165, 1.54) is 22.3 Å². The Labute approximate surface area is 375 Å². The molecule has 0 N–H and O–H groups in total. The van der Waals surface area contributed by atoms with Crippen LogP contribution < -0.4 is 14.5 Å². The van der Waals surface area contributed by atoms with Crippen molar-refractivity contribution in [1.29, 1.82) is 0 Å². The third kappa shape index (κ3) is 8.29. The summed E-state index contributed by atoms with van der Waals surface area (Å²) in [4.78, 5) is 9.19. The van der Waals surface area contributed by atoms with Gasteiger partial charge in [0.2, 0.25) is 0 Å². The van der Waals surface area contributed by atoms with E-state index in [2.05, 4.69) is 234 Å². The molecule has 1 aliphatic rings. The Bertz CT molecular complexity index is 2880. The van der Waals surface area contributed by atoms with Crippen molar-refractivity contribution < 1.29 is 25.8 Å². The molecule has 2 aromatic heterocycles. The van der Waals surface area contributed by atoms with Gasteiger partial charge in [-0.15, -0.1) is 53.6 Å². The van der Waals surface area contributed by atoms with Gasteiger partial charge in [-0.05, 0) is 86.8 Å². The zero-order valence-electron chi connectivity index (χ0n) is 36.1. The summed E-state index contributed by atoms with van der Waals surface area (Å²) >= 11 is 0. The fourth-order valence-corrected chi connectivity index (χ4v) is 8.04. The Balaban J connectivity index is 0.00000514. The number of nitrogens with zero attached hydrogens (tertiary/aromatic N) is 4. The maximum atomic E-state index is 6.76. The molecular weight excluding hydrogens is 928 g/mol. The maximum Gasteiger partial charge on any atom is 0.135 e. The van der Waals surface area contributed by atoms with E-state index in [-0.39, 0.29) is 37.3 Å². The van der Waals surface area contributed by atoms with Crippen molar-refractivity contribution in [2.24, 2.45) is 0 Å². The van der Waals surface area contributed by atoms with Crippen LogP contribution in [0.15, 0.2) is 158 Å². The first-order chi connectivity index (χ1) is 28.7. The largest absolute Gasteiger partial charge is 0.509 e. The van der Waals surface area contributed by atoms with Crippen LogP contribution in [-0.4, -0.2) is 9.55 Å². The zero-order chi connectivity index (χ0) is 41.8. The minimum absolute atomic E-state index is 0. The summed E-state index contributed by atoms with van der Waals surface area (Å²) in [6.07, 6.45) is 6.09. The van der Waals surface area contributed by atoms with Crippen molar-refractivity contribution in [3.8, 4) is 28.4 Å². The minimum atomic E-state index is -0.145. The van der Waals surface area contributed by atoms with Crippen LogP contribution in [0.1, 0.15) is 77.6 Å². The van der Waals surface area contributed by atoms with Gasteiger partial charge < -0.3 is 19.1 Å². The predicted octanol–water partition coefficient (Wildman–Crippen LogP) is 14.1. The minimum Gasteiger partial charge on any atom is -0.509 e. The first-order valence-corrected chi connectivity index (χ1v) is 20.8. The van der Waals surface area contributed by atoms with E-state index in [9.17, 15) is 0 Å². The molecular formula is C55H51N4OPt-3. The molecule has 61 heavy (non-hydrogen) atoms. The van der Waals surface area contributed by atoms with Crippen LogP contribution in [0.25, 0.3) is 38.8 Å². The van der Waals surface area contributed by atoms with Crippen LogP contribution in [0.2, 0.25) is 0 Å². The molecule has 0 spiro atoms. The maximum absolute atomic E-state index is 6.76. The molecule has 0 atom stereocenters. The monoisotopic (exact) mass is 978 g/mol. The number of hydrogen-bond acceptors (Lipinski definition) is 4. The average molecular weight is 979 g/mol. The van der Waals surface area contributed by atoms with Gasteiger partial charge in [0.1, 0.15) is 5.82 Å². The Morgan fingerprint density at radius 2 is 1.25 bits per heavy atom. The van der Waals surface area contributed by atoms with E-state index >= 15 is 0 Å². The van der Waals surface area contributed by atoms with Gasteiger partial charge >= 0.3 is 0 Å². The van der Waals surface area contributed by atoms with Crippen molar-refractivity contribution >= 4 is 33.2 Å². The van der Waals surface area contributed by atoms with Crippen LogP contribution in [0.4, 0.5) is 11.4 Å². The number of fused-ring (bicyclic) bond motifs is 3. The Morgan fingerprint density at radius 1 is 0.541 bits per heavy atom. The van der Waals surface area contributed by atoms with Crippen molar-refractivity contribution in [3.63, 3.8) is 0 Å². The van der Waals surface area contributed by atoms with Crippen LogP contribution in [-0.2, 0) is 37.3 Å². The first-order valence-electron chi connectivity index (χ1n) is 20.8. The van der Waals surface area contributed by atoms with Gasteiger partial charge in [0, 0.05) is 55.4 Å². The molecule has 0 unspecified atom stereocenters. The van der Waals surface area contributed by atoms with Gasteiger partial charge in [-0.3, -0.25) is 0 Å². The summed E-state index contributed by atoms with van der Waals surface area (Å²) in [6, 6.07) is 56.8. The molecule has 310 valence electrons. The van der Waals surface area contributed by atoms with E-state index in [1.807, 2.05) is 12.3 Å². The van der Waals surface area contributed by atoms with Crippen LogP contribution in [0, 0.1) is 18.8 Å². The molecule has 6 heteroatoms. The number of hydrogen-bond donors (Lipinski definition) is 0. The molecule has 5 nitrogen and oxygen atoms in total. The normalized spacial score (nSPS) is 13.2. The van der Waals surface area contributed by atoms with Crippen molar-refractivity contribution in [2.75, 3.05) is 9.80 Å². The number of benzene rings is 6. The molecule has 8 aromatic rings. The molecule has 0 saturated carbocycles. The van der Waals surface area contributed by atoms with E-state index < -0.39 is 0 Å². The fourth-order valence-electron chi connectivity index (χ4n) is 8.04. The number of aromatic nitrogens is 2. The molecule has 0 amide bonds. The standard InChI is InChI=1S/C55H51N4O.Pt/c1-53(2,3)41-26-27-56-52(34-41)59-50-25-22-39(38-16-11-9-12-17-38)30-49(50)48-24-23-46(36-51(48)59)60-47-33-43(54(4,5)6)32-45(35-47)58-29-28-57(37-58)44-21-15-20-42(31-44)55(7,8)40-18-13-10-14-19-40;/h9-34,37H,1-8H3;/q-3;. The zero-order valence-corrected chi connectivity index (χ0v) is 38.4. The van der Waals surface area contributed by atoms with Crippen LogP contribution in [0.3, 0.4) is 0 Å². The molecule has 0 aliphatic carbocycles. The second-order valence-electron chi connectivity index (χ2n) is 18.4. The molecule has 1 aliphatic heterocycles. The Kier molecular flexibility index (Phi) is 11.1. The van der Waals surface area contributed by atoms with E-state index in [4.69, 9.17) is 9.72 Å². The second-order valence-corrected chi connectivity index (χ2v) is 18.4. The number of pyridine rings is 1. The van der Waals surface area contributed by atoms with Gasteiger partial charge in [-0.25, -0.2) is 4.98 Å². The fraction of sp³-hybridized carbons (Fsp3) is 0.200. The van der Waals surface area contributed by atoms with Gasteiger partial charge in [0.05, 0.1) is 0 Å². The summed E-state index contributed by atoms with van der Waals surface area (Å²) in [5, 5.41) is 2.22. The van der Waals surface area contributed by atoms with Gasteiger partial charge in [0.15, 0.2) is 0 Å². The summed E-state index contributed by atoms with van der Waals surface area (Å²) < 4.78 is 8.98. The van der Waals surface area contributed by atoms with E-state index in [0.717, 1.165) is 50.1 Å². The molecule has 6 aromatic carbocycles. The van der Waals surface area contributed by atoms with Crippen molar-refractivity contribution in [2.45, 2.75) is 71.6 Å². The molecule has 0 radical (unpaired) electrons. The van der Waals surface area contributed by atoms with Gasteiger partial charge in [-0.1, -0.05) is 146 Å². The SMILES string of the molecule is CC(C)(C)c1cc(Oc2[c-]c3c(cc2)c2cc(-c4ccccc4)ccc2n3-c2cc(C(C)(C)C)ccn2)[c-]c(N2C=CN(c3cccc(C(C)(C)c4ccccc4)c3)[CH-]2)c1.[Pt]. The Morgan fingerprint density at radius 3 is 1.98 bits per heavy atom. The van der Waals surface area contributed by atoms with E-state index in [1.54, 1.807) is 0 Å².